The molecular weight excluding hydrogens is 264 g/mol. The van der Waals surface area contributed by atoms with Crippen molar-refractivity contribution in [2.45, 2.75) is 44.2 Å². The van der Waals surface area contributed by atoms with Gasteiger partial charge in [-0.2, -0.15) is 0 Å². The molecule has 0 heterocycles. The van der Waals surface area contributed by atoms with Gasteiger partial charge in [0.15, 0.2) is 0 Å². The number of carbonyl (C=O) groups excluding carboxylic acids is 1. The SMILES string of the molecule is CN(C(=O)Cc1c(F)cccc1F)C1CCCCC1O. The molecule has 1 aliphatic carbocycles. The molecule has 5 heteroatoms. The predicted molar refractivity (Wildman–Crippen MR) is 71.1 cm³/mol. The Bertz CT molecular complexity index is 473. The molecule has 0 aliphatic heterocycles. The Labute approximate surface area is 117 Å². The van der Waals surface area contributed by atoms with E-state index in [2.05, 4.69) is 0 Å². The van der Waals surface area contributed by atoms with Crippen LogP contribution in [0.5, 0.6) is 0 Å². The summed E-state index contributed by atoms with van der Waals surface area (Å²) < 4.78 is 27.1. The summed E-state index contributed by atoms with van der Waals surface area (Å²) in [7, 11) is 1.58. The zero-order valence-electron chi connectivity index (χ0n) is 11.5. The molecule has 2 atom stereocenters. The topological polar surface area (TPSA) is 40.5 Å². The molecular formula is C15H19F2NO2. The average Bonchev–Trinajstić information content (AvgIpc) is 2.42. The second kappa shape index (κ2) is 6.31. The van der Waals surface area contributed by atoms with Gasteiger partial charge in [0.2, 0.25) is 5.91 Å². The molecule has 0 radical (unpaired) electrons. The van der Waals surface area contributed by atoms with Crippen LogP contribution in [-0.2, 0) is 11.2 Å². The molecule has 1 aromatic rings. The highest BCUT2D eigenvalue weighted by Crippen LogP contribution is 2.23. The maximum absolute atomic E-state index is 13.5. The van der Waals surface area contributed by atoms with E-state index >= 15 is 0 Å². The van der Waals surface area contributed by atoms with Crippen molar-refractivity contribution in [2.75, 3.05) is 7.05 Å². The van der Waals surface area contributed by atoms with Crippen LogP contribution in [0.3, 0.4) is 0 Å². The fourth-order valence-corrected chi connectivity index (χ4v) is 2.71. The summed E-state index contributed by atoms with van der Waals surface area (Å²) in [5.74, 6) is -1.80. The second-order valence-electron chi connectivity index (χ2n) is 5.30. The largest absolute Gasteiger partial charge is 0.391 e. The van der Waals surface area contributed by atoms with Crippen LogP contribution in [0.1, 0.15) is 31.2 Å². The van der Waals surface area contributed by atoms with Gasteiger partial charge in [-0.15, -0.1) is 0 Å². The summed E-state index contributed by atoms with van der Waals surface area (Å²) in [6.45, 7) is 0. The van der Waals surface area contributed by atoms with Crippen molar-refractivity contribution in [3.8, 4) is 0 Å². The van der Waals surface area contributed by atoms with E-state index in [0.29, 0.717) is 6.42 Å². The summed E-state index contributed by atoms with van der Waals surface area (Å²) in [6.07, 6.45) is 2.41. The standard InChI is InChI=1S/C15H19F2NO2/c1-18(13-7-2-3-8-14(13)19)15(20)9-10-11(16)5-4-6-12(10)17/h4-6,13-14,19H,2-3,7-9H2,1H3. The van der Waals surface area contributed by atoms with Crippen molar-refractivity contribution in [1.82, 2.24) is 4.90 Å². The van der Waals surface area contributed by atoms with Crippen molar-refractivity contribution in [3.05, 3.63) is 35.4 Å². The van der Waals surface area contributed by atoms with E-state index in [1.807, 2.05) is 0 Å². The smallest absolute Gasteiger partial charge is 0.227 e. The Kier molecular flexibility index (Phi) is 4.70. The van der Waals surface area contributed by atoms with Crippen LogP contribution in [0.4, 0.5) is 8.78 Å². The van der Waals surface area contributed by atoms with Crippen LogP contribution in [0.25, 0.3) is 0 Å². The van der Waals surface area contributed by atoms with Gasteiger partial charge in [-0.3, -0.25) is 4.79 Å². The van der Waals surface area contributed by atoms with Crippen molar-refractivity contribution in [2.24, 2.45) is 0 Å². The minimum absolute atomic E-state index is 0.213. The lowest BCUT2D eigenvalue weighted by Gasteiger charge is -2.35. The quantitative estimate of drug-likeness (QED) is 0.924. The molecule has 1 N–H and O–H groups in total. The first-order valence-electron chi connectivity index (χ1n) is 6.87. The molecule has 1 saturated carbocycles. The van der Waals surface area contributed by atoms with E-state index in [1.54, 1.807) is 7.05 Å². The van der Waals surface area contributed by atoms with Gasteiger partial charge in [0.1, 0.15) is 11.6 Å². The van der Waals surface area contributed by atoms with Gasteiger partial charge in [0.25, 0.3) is 0 Å². The lowest BCUT2D eigenvalue weighted by molar-refractivity contribution is -0.134. The Morgan fingerprint density at radius 2 is 1.90 bits per heavy atom. The molecule has 1 aromatic carbocycles. The number of rotatable bonds is 3. The molecule has 1 amide bonds. The number of hydrogen-bond donors (Lipinski definition) is 1. The molecule has 0 spiro atoms. The fraction of sp³-hybridized carbons (Fsp3) is 0.533. The summed E-state index contributed by atoms with van der Waals surface area (Å²) in [4.78, 5) is 13.6. The number of carbonyl (C=O) groups is 1. The molecule has 0 bridgehead atoms. The lowest BCUT2D eigenvalue weighted by Crippen LogP contribution is -2.46. The van der Waals surface area contributed by atoms with Gasteiger partial charge < -0.3 is 10.0 Å². The van der Waals surface area contributed by atoms with E-state index in [1.165, 1.54) is 11.0 Å². The van der Waals surface area contributed by atoms with E-state index in [9.17, 15) is 18.7 Å². The third-order valence-electron chi connectivity index (χ3n) is 3.97. The number of hydrogen-bond acceptors (Lipinski definition) is 2. The first-order valence-corrected chi connectivity index (χ1v) is 6.87. The average molecular weight is 283 g/mol. The Morgan fingerprint density at radius 3 is 2.50 bits per heavy atom. The zero-order chi connectivity index (χ0) is 14.7. The minimum Gasteiger partial charge on any atom is -0.391 e. The molecule has 2 rings (SSSR count). The van der Waals surface area contributed by atoms with Crippen LogP contribution in [0.15, 0.2) is 18.2 Å². The molecule has 110 valence electrons. The molecule has 0 aromatic heterocycles. The maximum atomic E-state index is 13.5. The van der Waals surface area contributed by atoms with Gasteiger partial charge in [0, 0.05) is 12.6 Å². The number of benzene rings is 1. The number of likely N-dealkylation sites (N-methyl/N-ethyl adjacent to an activating group) is 1. The number of aliphatic hydroxyl groups is 1. The summed E-state index contributed by atoms with van der Waals surface area (Å²) in [5, 5.41) is 9.92. The maximum Gasteiger partial charge on any atom is 0.227 e. The number of nitrogens with zero attached hydrogens (tertiary/aromatic N) is 1. The molecule has 3 nitrogen and oxygen atoms in total. The summed E-state index contributed by atoms with van der Waals surface area (Å²) in [6, 6.07) is 3.29. The van der Waals surface area contributed by atoms with Gasteiger partial charge in [-0.25, -0.2) is 8.78 Å². The molecule has 1 aliphatic rings. The highest BCUT2D eigenvalue weighted by molar-refractivity contribution is 5.79. The first kappa shape index (κ1) is 14.9. The first-order chi connectivity index (χ1) is 9.50. The highest BCUT2D eigenvalue weighted by Gasteiger charge is 2.29. The van der Waals surface area contributed by atoms with Gasteiger partial charge in [-0.1, -0.05) is 18.9 Å². The minimum atomic E-state index is -0.712. The molecule has 1 fully saturated rings. The third kappa shape index (κ3) is 3.15. The van der Waals surface area contributed by atoms with Crippen LogP contribution in [0.2, 0.25) is 0 Å². The van der Waals surface area contributed by atoms with Crippen molar-refractivity contribution in [3.63, 3.8) is 0 Å². The second-order valence-corrected chi connectivity index (χ2v) is 5.30. The Hall–Kier alpha value is -1.49. The van der Waals surface area contributed by atoms with Crippen LogP contribution in [0, 0.1) is 11.6 Å². The van der Waals surface area contributed by atoms with Crippen molar-refractivity contribution < 1.29 is 18.7 Å². The fourth-order valence-electron chi connectivity index (χ4n) is 2.71. The van der Waals surface area contributed by atoms with E-state index in [4.69, 9.17) is 0 Å². The van der Waals surface area contributed by atoms with Crippen LogP contribution >= 0.6 is 0 Å². The van der Waals surface area contributed by atoms with Crippen LogP contribution < -0.4 is 0 Å². The number of amides is 1. The monoisotopic (exact) mass is 283 g/mol. The van der Waals surface area contributed by atoms with E-state index < -0.39 is 17.7 Å². The zero-order valence-corrected chi connectivity index (χ0v) is 11.5. The number of halogens is 2. The van der Waals surface area contributed by atoms with Crippen molar-refractivity contribution in [1.29, 1.82) is 0 Å². The Balaban J connectivity index is 2.07. The molecule has 20 heavy (non-hydrogen) atoms. The molecule has 0 saturated heterocycles. The molecule has 2 unspecified atom stereocenters. The van der Waals surface area contributed by atoms with Gasteiger partial charge in [-0.05, 0) is 25.0 Å². The van der Waals surface area contributed by atoms with E-state index in [0.717, 1.165) is 31.4 Å². The van der Waals surface area contributed by atoms with E-state index in [-0.39, 0.29) is 23.9 Å². The van der Waals surface area contributed by atoms with Gasteiger partial charge in [0.05, 0.1) is 18.6 Å². The normalized spacial score (nSPS) is 22.6. The Morgan fingerprint density at radius 1 is 1.30 bits per heavy atom. The predicted octanol–water partition coefficient (Wildman–Crippen LogP) is 2.27. The third-order valence-corrected chi connectivity index (χ3v) is 3.97. The van der Waals surface area contributed by atoms with Gasteiger partial charge >= 0.3 is 0 Å². The summed E-state index contributed by atoms with van der Waals surface area (Å²) in [5.41, 5.74) is -0.213. The number of aliphatic hydroxyl groups excluding tert-OH is 1. The summed E-state index contributed by atoms with van der Waals surface area (Å²) >= 11 is 0. The lowest BCUT2D eigenvalue weighted by atomic mass is 9.91. The highest BCUT2D eigenvalue weighted by atomic mass is 19.1. The van der Waals surface area contributed by atoms with Crippen LogP contribution in [-0.4, -0.2) is 35.1 Å². The van der Waals surface area contributed by atoms with Crippen molar-refractivity contribution >= 4 is 5.91 Å².